The minimum absolute atomic E-state index is 0.570. The zero-order valence-corrected chi connectivity index (χ0v) is 14.7. The van der Waals surface area contributed by atoms with Gasteiger partial charge in [-0.05, 0) is 37.0 Å². The fourth-order valence-corrected chi connectivity index (χ4v) is 3.28. The maximum Gasteiger partial charge on any atom is 0.214 e. The van der Waals surface area contributed by atoms with Crippen molar-refractivity contribution in [3.05, 3.63) is 35.7 Å². The van der Waals surface area contributed by atoms with Gasteiger partial charge in [0.2, 0.25) is 6.41 Å². The number of fused-ring (bicyclic) bond motifs is 1. The third kappa shape index (κ3) is 3.52. The predicted molar refractivity (Wildman–Crippen MR) is 96.9 cm³/mol. The molecule has 0 unspecified atom stereocenters. The number of nitriles is 2. The minimum Gasteiger partial charge on any atom is -0.314 e. The summed E-state index contributed by atoms with van der Waals surface area (Å²) in [5, 5.41) is 21.7. The van der Waals surface area contributed by atoms with Crippen LogP contribution in [0, 0.1) is 22.8 Å². The van der Waals surface area contributed by atoms with Crippen LogP contribution in [-0.4, -0.2) is 40.7 Å². The molecular formula is C19H20N6O. The number of aromatic nitrogens is 2. The van der Waals surface area contributed by atoms with Crippen LogP contribution in [0.3, 0.4) is 0 Å². The average Bonchev–Trinajstić information content (AvgIpc) is 3.41. The van der Waals surface area contributed by atoms with E-state index in [1.165, 1.54) is 12.8 Å². The zero-order valence-electron chi connectivity index (χ0n) is 14.7. The van der Waals surface area contributed by atoms with Crippen molar-refractivity contribution >= 4 is 12.1 Å². The van der Waals surface area contributed by atoms with Crippen molar-refractivity contribution in [2.75, 3.05) is 24.5 Å². The highest BCUT2D eigenvalue weighted by atomic mass is 16.1. The third-order valence-electron chi connectivity index (χ3n) is 4.66. The van der Waals surface area contributed by atoms with Crippen molar-refractivity contribution in [2.24, 2.45) is 7.05 Å². The van der Waals surface area contributed by atoms with Gasteiger partial charge in [0.1, 0.15) is 0 Å². The second kappa shape index (κ2) is 7.71. The highest BCUT2D eigenvalue weighted by Crippen LogP contribution is 2.34. The molecule has 0 bridgehead atoms. The molecule has 1 saturated heterocycles. The van der Waals surface area contributed by atoms with E-state index in [9.17, 15) is 10.1 Å². The van der Waals surface area contributed by atoms with Crippen molar-refractivity contribution in [3.63, 3.8) is 0 Å². The van der Waals surface area contributed by atoms with Crippen LogP contribution in [-0.2, 0) is 18.3 Å². The molecule has 1 aromatic heterocycles. The molecule has 1 fully saturated rings. The summed E-state index contributed by atoms with van der Waals surface area (Å²) in [5.41, 5.74) is 4.32. The molecule has 0 saturated carbocycles. The largest absolute Gasteiger partial charge is 0.314 e. The van der Waals surface area contributed by atoms with Crippen molar-refractivity contribution in [2.45, 2.75) is 19.3 Å². The number of anilines is 1. The zero-order chi connectivity index (χ0) is 18.5. The van der Waals surface area contributed by atoms with Gasteiger partial charge in [-0.3, -0.25) is 9.48 Å². The minimum atomic E-state index is 0.570. The number of likely N-dealkylation sites (tertiary alicyclic amines) is 1. The predicted octanol–water partition coefficient (Wildman–Crippen LogP) is 2.04. The Hall–Kier alpha value is -3.32. The maximum atomic E-state index is 11.0. The molecule has 1 amide bonds. The topological polar surface area (TPSA) is 89.0 Å². The number of aryl methyl sites for hydroxylation is 1. The molecule has 4 rings (SSSR count). The van der Waals surface area contributed by atoms with Crippen LogP contribution in [0.2, 0.25) is 0 Å². The van der Waals surface area contributed by atoms with Crippen LogP contribution in [0.15, 0.2) is 24.5 Å². The first-order valence-electron chi connectivity index (χ1n) is 8.59. The van der Waals surface area contributed by atoms with Crippen LogP contribution in [0.5, 0.6) is 0 Å². The first kappa shape index (κ1) is 17.5. The monoisotopic (exact) mass is 348 g/mol. The second-order valence-electron chi connectivity index (χ2n) is 6.38. The van der Waals surface area contributed by atoms with Gasteiger partial charge in [-0.2, -0.15) is 15.6 Å². The average molecular weight is 348 g/mol. The van der Waals surface area contributed by atoms with Gasteiger partial charge < -0.3 is 9.80 Å². The van der Waals surface area contributed by atoms with E-state index in [1.54, 1.807) is 26.7 Å². The second-order valence-corrected chi connectivity index (χ2v) is 6.38. The summed E-state index contributed by atoms with van der Waals surface area (Å²) in [6.07, 6.45) is 9.77. The van der Waals surface area contributed by atoms with Crippen LogP contribution < -0.4 is 4.90 Å². The third-order valence-corrected chi connectivity index (χ3v) is 4.66. The number of nitrogens with zero attached hydrogens (tertiary/aromatic N) is 6. The van der Waals surface area contributed by atoms with Crippen molar-refractivity contribution in [1.82, 2.24) is 14.7 Å². The summed E-state index contributed by atoms with van der Waals surface area (Å²) in [5.74, 6) is 0. The van der Waals surface area contributed by atoms with E-state index in [1.807, 2.05) is 19.3 Å². The lowest BCUT2D eigenvalue weighted by atomic mass is 9.98. The fraction of sp³-hybridized carbons (Fsp3) is 0.368. The number of hydrogen-bond acceptors (Lipinski definition) is 5. The molecule has 0 radical (unpaired) electrons. The Kier molecular flexibility index (Phi) is 5.19. The van der Waals surface area contributed by atoms with Crippen LogP contribution in [0.4, 0.5) is 5.69 Å². The summed E-state index contributed by atoms with van der Waals surface area (Å²) in [7, 11) is 1.84. The van der Waals surface area contributed by atoms with E-state index >= 15 is 0 Å². The van der Waals surface area contributed by atoms with E-state index < -0.39 is 0 Å². The standard InChI is InChI=1S/C14H12N4O.C5H8N2/c1-17-8-12(7-16-17)13-4-10-2-3-18(9-19)14(10)5-11(13)6-15;6-5-7-3-1-2-4-7/h4-5,7-9H,2-3H2,1H3;1-4H2. The van der Waals surface area contributed by atoms with Crippen LogP contribution in [0.1, 0.15) is 24.0 Å². The molecule has 2 aromatic rings. The summed E-state index contributed by atoms with van der Waals surface area (Å²) in [4.78, 5) is 14.4. The van der Waals surface area contributed by atoms with Crippen LogP contribution >= 0.6 is 0 Å². The Morgan fingerprint density at radius 3 is 2.50 bits per heavy atom. The molecule has 0 aliphatic carbocycles. The van der Waals surface area contributed by atoms with E-state index in [2.05, 4.69) is 17.4 Å². The van der Waals surface area contributed by atoms with E-state index in [-0.39, 0.29) is 0 Å². The highest BCUT2D eigenvalue weighted by molar-refractivity contribution is 5.84. The lowest BCUT2D eigenvalue weighted by molar-refractivity contribution is -0.107. The molecule has 132 valence electrons. The molecule has 0 spiro atoms. The van der Waals surface area contributed by atoms with Gasteiger partial charge in [0.15, 0.2) is 6.19 Å². The molecule has 26 heavy (non-hydrogen) atoms. The molecule has 0 atom stereocenters. The quantitative estimate of drug-likeness (QED) is 0.612. The lowest BCUT2D eigenvalue weighted by Gasteiger charge is -2.11. The van der Waals surface area contributed by atoms with E-state index in [4.69, 9.17) is 5.26 Å². The molecule has 2 aliphatic rings. The number of rotatable bonds is 2. The van der Waals surface area contributed by atoms with Gasteiger partial charge in [0.05, 0.1) is 17.8 Å². The van der Waals surface area contributed by atoms with Gasteiger partial charge in [0.25, 0.3) is 0 Å². The maximum absolute atomic E-state index is 11.0. The first-order chi connectivity index (χ1) is 12.7. The van der Waals surface area contributed by atoms with Gasteiger partial charge in [-0.15, -0.1) is 0 Å². The lowest BCUT2D eigenvalue weighted by Crippen LogP contribution is -2.17. The highest BCUT2D eigenvalue weighted by Gasteiger charge is 2.21. The van der Waals surface area contributed by atoms with Crippen LogP contribution in [0.25, 0.3) is 11.1 Å². The Bertz CT molecular complexity index is 882. The molecule has 3 heterocycles. The van der Waals surface area contributed by atoms with Gasteiger partial charge >= 0.3 is 0 Å². The van der Waals surface area contributed by atoms with Gasteiger partial charge in [-0.1, -0.05) is 0 Å². The van der Waals surface area contributed by atoms with Crippen molar-refractivity contribution in [1.29, 1.82) is 10.5 Å². The molecule has 2 aliphatic heterocycles. The normalized spacial score (nSPS) is 14.9. The van der Waals surface area contributed by atoms with E-state index in [0.29, 0.717) is 12.1 Å². The smallest absolute Gasteiger partial charge is 0.214 e. The first-order valence-corrected chi connectivity index (χ1v) is 8.59. The summed E-state index contributed by atoms with van der Waals surface area (Å²) in [6, 6.07) is 5.98. The van der Waals surface area contributed by atoms with E-state index in [0.717, 1.165) is 48.3 Å². The number of carbonyl (C=O) groups is 1. The van der Waals surface area contributed by atoms with Gasteiger partial charge in [0, 0.05) is 49.7 Å². The number of amides is 1. The van der Waals surface area contributed by atoms with Gasteiger partial charge in [-0.25, -0.2) is 0 Å². The number of carbonyl (C=O) groups excluding carboxylic acids is 1. The molecule has 7 nitrogen and oxygen atoms in total. The van der Waals surface area contributed by atoms with Crippen molar-refractivity contribution in [3.8, 4) is 23.4 Å². The molecule has 1 aromatic carbocycles. The summed E-state index contributed by atoms with van der Waals surface area (Å²) >= 11 is 0. The Labute approximate surface area is 152 Å². The Morgan fingerprint density at radius 1 is 1.19 bits per heavy atom. The SMILES string of the molecule is Cn1cc(-c2cc3c(cc2C#N)N(C=O)CC3)cn1.N#CN1CCCC1. The number of hydrogen-bond donors (Lipinski definition) is 0. The Balaban J connectivity index is 0.000000236. The van der Waals surface area contributed by atoms with Crippen molar-refractivity contribution < 1.29 is 4.79 Å². The molecular weight excluding hydrogens is 328 g/mol. The fourth-order valence-electron chi connectivity index (χ4n) is 3.28. The number of benzene rings is 1. The summed E-state index contributed by atoms with van der Waals surface area (Å²) < 4.78 is 1.71. The molecule has 7 heteroatoms. The summed E-state index contributed by atoms with van der Waals surface area (Å²) in [6.45, 7) is 2.65. The Morgan fingerprint density at radius 2 is 1.96 bits per heavy atom. The molecule has 0 N–H and O–H groups in total.